The van der Waals surface area contributed by atoms with Gasteiger partial charge in [-0.05, 0) is 41.2 Å². The first-order chi connectivity index (χ1) is 15.7. The van der Waals surface area contributed by atoms with E-state index < -0.39 is 6.04 Å². The zero-order valence-electron chi connectivity index (χ0n) is 18.0. The second-order valence-electron chi connectivity index (χ2n) is 9.08. The van der Waals surface area contributed by atoms with Crippen LogP contribution < -0.4 is 5.32 Å². The molecule has 0 amide bonds. The lowest BCUT2D eigenvalue weighted by atomic mass is 9.73. The van der Waals surface area contributed by atoms with Crippen molar-refractivity contribution in [2.24, 2.45) is 5.41 Å². The van der Waals surface area contributed by atoms with Crippen molar-refractivity contribution in [2.75, 3.05) is 5.32 Å². The van der Waals surface area contributed by atoms with Crippen LogP contribution >= 0.6 is 46.6 Å². The molecule has 1 N–H and O–H groups in total. The number of nitrogens with one attached hydrogen (secondary N) is 1. The molecule has 1 unspecified atom stereocenters. The van der Waals surface area contributed by atoms with E-state index in [-0.39, 0.29) is 11.2 Å². The van der Waals surface area contributed by atoms with Crippen LogP contribution in [0.1, 0.15) is 43.9 Å². The fourth-order valence-electron chi connectivity index (χ4n) is 4.40. The SMILES string of the molecule is CC1(C)CC(=O)C2=C(C1)Nc1nc(SCc3ccccc3Cl)nn1C2c1ccc(Cl)c(Cl)c1. The van der Waals surface area contributed by atoms with Crippen LogP contribution in [0.25, 0.3) is 0 Å². The summed E-state index contributed by atoms with van der Waals surface area (Å²) in [6.07, 6.45) is 1.23. The number of Topliss-reactive ketones (excluding diaryl/α,β-unsaturated/α-hetero) is 1. The predicted molar refractivity (Wildman–Crippen MR) is 134 cm³/mol. The van der Waals surface area contributed by atoms with Crippen molar-refractivity contribution in [1.82, 2.24) is 14.8 Å². The Morgan fingerprint density at radius 3 is 2.64 bits per heavy atom. The molecule has 5 rings (SSSR count). The number of hydrogen-bond donors (Lipinski definition) is 1. The maximum absolute atomic E-state index is 13.3. The molecule has 170 valence electrons. The molecule has 0 bridgehead atoms. The third kappa shape index (κ3) is 4.42. The molecular weight excluding hydrogens is 499 g/mol. The summed E-state index contributed by atoms with van der Waals surface area (Å²) in [5.41, 5.74) is 3.35. The van der Waals surface area contributed by atoms with Gasteiger partial charge in [0.2, 0.25) is 11.1 Å². The summed E-state index contributed by atoms with van der Waals surface area (Å²) >= 11 is 20.3. The quantitative estimate of drug-likeness (QED) is 0.370. The van der Waals surface area contributed by atoms with E-state index in [0.29, 0.717) is 43.9 Å². The van der Waals surface area contributed by atoms with E-state index in [4.69, 9.17) is 44.9 Å². The smallest absolute Gasteiger partial charge is 0.227 e. The van der Waals surface area contributed by atoms with Crippen LogP contribution in [0.3, 0.4) is 0 Å². The lowest BCUT2D eigenvalue weighted by Gasteiger charge is -2.38. The van der Waals surface area contributed by atoms with Gasteiger partial charge in [0.05, 0.1) is 10.0 Å². The molecule has 0 saturated heterocycles. The number of anilines is 1. The Morgan fingerprint density at radius 2 is 1.88 bits per heavy atom. The van der Waals surface area contributed by atoms with Crippen LogP contribution in [-0.2, 0) is 10.5 Å². The zero-order chi connectivity index (χ0) is 23.3. The number of carbonyl (C=O) groups is 1. The Hall–Kier alpha value is -1.99. The van der Waals surface area contributed by atoms with Gasteiger partial charge in [0, 0.05) is 28.5 Å². The second-order valence-corrected chi connectivity index (χ2v) is 11.2. The summed E-state index contributed by atoms with van der Waals surface area (Å²) in [5.74, 6) is 1.35. The van der Waals surface area contributed by atoms with E-state index in [1.54, 1.807) is 16.8 Å². The van der Waals surface area contributed by atoms with Crippen molar-refractivity contribution in [3.63, 3.8) is 0 Å². The fourth-order valence-corrected chi connectivity index (χ4v) is 5.82. The minimum absolute atomic E-state index is 0.108. The normalized spacial score (nSPS) is 19.2. The molecule has 2 aromatic carbocycles. The van der Waals surface area contributed by atoms with Crippen molar-refractivity contribution >= 4 is 58.3 Å². The molecule has 5 nitrogen and oxygen atoms in total. The van der Waals surface area contributed by atoms with Gasteiger partial charge in [-0.1, -0.05) is 84.7 Å². The monoisotopic (exact) mass is 518 g/mol. The van der Waals surface area contributed by atoms with Gasteiger partial charge in [0.25, 0.3) is 0 Å². The number of aromatic nitrogens is 3. The Morgan fingerprint density at radius 1 is 1.09 bits per heavy atom. The maximum Gasteiger partial charge on any atom is 0.227 e. The number of carbonyl (C=O) groups excluding carboxylic acids is 1. The molecule has 3 aromatic rings. The van der Waals surface area contributed by atoms with Crippen molar-refractivity contribution < 1.29 is 4.79 Å². The van der Waals surface area contributed by atoms with E-state index in [1.807, 2.05) is 30.3 Å². The van der Waals surface area contributed by atoms with Crippen LogP contribution in [0.15, 0.2) is 58.9 Å². The highest BCUT2D eigenvalue weighted by atomic mass is 35.5. The van der Waals surface area contributed by atoms with E-state index in [1.165, 1.54) is 11.8 Å². The van der Waals surface area contributed by atoms with Crippen LogP contribution in [0, 0.1) is 5.41 Å². The average molecular weight is 520 g/mol. The predicted octanol–water partition coefficient (Wildman–Crippen LogP) is 7.19. The number of benzene rings is 2. The van der Waals surface area contributed by atoms with Crippen LogP contribution in [0.5, 0.6) is 0 Å². The standard InChI is InChI=1S/C24H21Cl3N4OS/c1-24(2)10-18-20(19(32)11-24)21(13-7-8-16(26)17(27)9-13)31-22(28-18)29-23(30-31)33-12-14-5-3-4-6-15(14)25/h3-9,21H,10-12H2,1-2H3,(H,28,29,30). The number of fused-ring (bicyclic) bond motifs is 1. The van der Waals surface area contributed by atoms with Crippen LogP contribution in [0.4, 0.5) is 5.95 Å². The summed E-state index contributed by atoms with van der Waals surface area (Å²) in [6.45, 7) is 4.21. The summed E-state index contributed by atoms with van der Waals surface area (Å²) in [4.78, 5) is 18.0. The Kier molecular flexibility index (Phi) is 5.98. The maximum atomic E-state index is 13.3. The topological polar surface area (TPSA) is 59.8 Å². The summed E-state index contributed by atoms with van der Waals surface area (Å²) in [7, 11) is 0. The van der Waals surface area contributed by atoms with E-state index in [0.717, 1.165) is 23.2 Å². The molecule has 1 aromatic heterocycles. The zero-order valence-corrected chi connectivity index (χ0v) is 21.1. The van der Waals surface area contributed by atoms with E-state index in [2.05, 4.69) is 19.2 Å². The molecule has 0 fully saturated rings. The highest BCUT2D eigenvalue weighted by molar-refractivity contribution is 7.98. The fraction of sp³-hybridized carbons (Fsp3) is 0.292. The molecule has 2 aliphatic rings. The summed E-state index contributed by atoms with van der Waals surface area (Å²) in [6, 6.07) is 12.8. The number of thioether (sulfide) groups is 1. The van der Waals surface area contributed by atoms with Gasteiger partial charge in [-0.15, -0.1) is 5.10 Å². The average Bonchev–Trinajstić information content (AvgIpc) is 3.15. The Bertz CT molecular complexity index is 1300. The van der Waals surface area contributed by atoms with Gasteiger partial charge >= 0.3 is 0 Å². The molecule has 0 spiro atoms. The molecule has 1 aliphatic carbocycles. The van der Waals surface area contributed by atoms with Gasteiger partial charge in [-0.25, -0.2) is 4.68 Å². The molecule has 0 radical (unpaired) electrons. The lowest BCUT2D eigenvalue weighted by molar-refractivity contribution is -0.118. The van der Waals surface area contributed by atoms with Crippen molar-refractivity contribution in [2.45, 2.75) is 43.6 Å². The van der Waals surface area contributed by atoms with Gasteiger partial charge in [-0.2, -0.15) is 4.98 Å². The van der Waals surface area contributed by atoms with Crippen LogP contribution in [0.2, 0.25) is 15.1 Å². The first-order valence-electron chi connectivity index (χ1n) is 10.5. The highest BCUT2D eigenvalue weighted by Crippen LogP contribution is 2.46. The Balaban J connectivity index is 1.55. The first-order valence-corrected chi connectivity index (χ1v) is 12.6. The first kappa shape index (κ1) is 22.8. The van der Waals surface area contributed by atoms with Gasteiger partial charge < -0.3 is 5.32 Å². The Labute approximate surface area is 211 Å². The van der Waals surface area contributed by atoms with E-state index >= 15 is 0 Å². The number of ketones is 1. The number of halogens is 3. The van der Waals surface area contributed by atoms with Crippen LogP contribution in [-0.4, -0.2) is 20.5 Å². The molecule has 2 heterocycles. The third-order valence-corrected chi connectivity index (χ3v) is 7.88. The molecular formula is C24H21Cl3N4OS. The highest BCUT2D eigenvalue weighted by Gasteiger charge is 2.42. The molecule has 9 heteroatoms. The van der Waals surface area contributed by atoms with Gasteiger partial charge in [0.15, 0.2) is 5.78 Å². The van der Waals surface area contributed by atoms with Crippen molar-refractivity contribution in [3.8, 4) is 0 Å². The van der Waals surface area contributed by atoms with Gasteiger partial charge in [0.1, 0.15) is 6.04 Å². The minimum atomic E-state index is -0.420. The number of allylic oxidation sites excluding steroid dienone is 2. The molecule has 1 aliphatic heterocycles. The summed E-state index contributed by atoms with van der Waals surface area (Å²) < 4.78 is 1.78. The number of hydrogen-bond acceptors (Lipinski definition) is 5. The lowest BCUT2D eigenvalue weighted by Crippen LogP contribution is -2.36. The molecule has 0 saturated carbocycles. The largest absolute Gasteiger partial charge is 0.328 e. The van der Waals surface area contributed by atoms with Crippen molar-refractivity contribution in [1.29, 1.82) is 0 Å². The number of nitrogens with zero attached hydrogens (tertiary/aromatic N) is 3. The van der Waals surface area contributed by atoms with E-state index in [9.17, 15) is 4.79 Å². The second kappa shape index (κ2) is 8.66. The third-order valence-electron chi connectivity index (χ3n) is 5.89. The molecule has 1 atom stereocenters. The summed E-state index contributed by atoms with van der Waals surface area (Å²) in [5, 5.41) is 10.4. The van der Waals surface area contributed by atoms with Crippen molar-refractivity contribution in [3.05, 3.63) is 79.9 Å². The molecule has 33 heavy (non-hydrogen) atoms. The van der Waals surface area contributed by atoms with Gasteiger partial charge in [-0.3, -0.25) is 4.79 Å². The number of rotatable bonds is 4. The minimum Gasteiger partial charge on any atom is -0.328 e.